The third kappa shape index (κ3) is 3.47. The van der Waals surface area contributed by atoms with E-state index in [9.17, 15) is 4.79 Å². The molecule has 5 heterocycles. The van der Waals surface area contributed by atoms with Crippen LogP contribution in [0.2, 0.25) is 0 Å². The highest BCUT2D eigenvalue weighted by molar-refractivity contribution is 5.81. The lowest BCUT2D eigenvalue weighted by Crippen LogP contribution is -2.55. The van der Waals surface area contributed by atoms with Gasteiger partial charge in [-0.05, 0) is 31.2 Å². The van der Waals surface area contributed by atoms with Crippen molar-refractivity contribution in [3.8, 4) is 0 Å². The molecule has 1 atom stereocenters. The molecule has 2 fully saturated rings. The maximum absolute atomic E-state index is 13.2. The van der Waals surface area contributed by atoms with E-state index >= 15 is 0 Å². The molecular formula is C22H30N6O2. The van der Waals surface area contributed by atoms with Crippen molar-refractivity contribution >= 4 is 11.9 Å². The van der Waals surface area contributed by atoms with Crippen LogP contribution < -0.4 is 4.90 Å². The predicted octanol–water partition coefficient (Wildman–Crippen LogP) is 2.14. The van der Waals surface area contributed by atoms with E-state index in [0.29, 0.717) is 6.54 Å². The van der Waals surface area contributed by atoms with Crippen LogP contribution in [0.3, 0.4) is 0 Å². The number of carbonyl (C=O) groups is 1. The minimum Gasteiger partial charge on any atom is -0.352 e. The molecule has 2 saturated heterocycles. The highest BCUT2D eigenvalue weighted by Gasteiger charge is 2.48. The molecule has 2 aromatic rings. The van der Waals surface area contributed by atoms with Gasteiger partial charge in [0.05, 0.1) is 6.54 Å². The van der Waals surface area contributed by atoms with Crippen molar-refractivity contribution in [1.82, 2.24) is 24.4 Å². The molecule has 0 N–H and O–H groups in total. The average molecular weight is 411 g/mol. The lowest BCUT2D eigenvalue weighted by Gasteiger charge is -2.46. The highest BCUT2D eigenvalue weighted by Crippen LogP contribution is 2.41. The average Bonchev–Trinajstić information content (AvgIpc) is 3.30. The Kier molecular flexibility index (Phi) is 5.18. The molecule has 1 spiro atoms. The van der Waals surface area contributed by atoms with E-state index in [1.54, 1.807) is 0 Å². The van der Waals surface area contributed by atoms with Crippen LogP contribution in [0.4, 0.5) is 5.95 Å². The first-order chi connectivity index (χ1) is 14.7. The number of anilines is 1. The SMILES string of the molecule is CCc1cnc(N2CCC3(CC2)O[C@H](C(=O)N2CCCCC2)Cn2ccnc23)nc1. The first-order valence-corrected chi connectivity index (χ1v) is 11.2. The molecule has 5 rings (SSSR count). The largest absolute Gasteiger partial charge is 0.352 e. The number of hydrogen-bond donors (Lipinski definition) is 0. The number of nitrogens with zero attached hydrogens (tertiary/aromatic N) is 6. The summed E-state index contributed by atoms with van der Waals surface area (Å²) >= 11 is 0. The van der Waals surface area contributed by atoms with Gasteiger partial charge < -0.3 is 19.1 Å². The number of ether oxygens (including phenoxy) is 1. The smallest absolute Gasteiger partial charge is 0.253 e. The van der Waals surface area contributed by atoms with Crippen LogP contribution in [-0.2, 0) is 28.1 Å². The van der Waals surface area contributed by atoms with Crippen molar-refractivity contribution < 1.29 is 9.53 Å². The van der Waals surface area contributed by atoms with E-state index in [1.165, 1.54) is 6.42 Å². The summed E-state index contributed by atoms with van der Waals surface area (Å²) in [6.07, 6.45) is 13.1. The molecule has 30 heavy (non-hydrogen) atoms. The van der Waals surface area contributed by atoms with E-state index < -0.39 is 11.7 Å². The lowest BCUT2D eigenvalue weighted by atomic mass is 9.88. The van der Waals surface area contributed by atoms with Gasteiger partial charge in [0, 0.05) is 63.8 Å². The van der Waals surface area contributed by atoms with Gasteiger partial charge >= 0.3 is 0 Å². The van der Waals surface area contributed by atoms with E-state index in [4.69, 9.17) is 4.74 Å². The first-order valence-electron chi connectivity index (χ1n) is 11.2. The number of rotatable bonds is 3. The second-order valence-electron chi connectivity index (χ2n) is 8.62. The summed E-state index contributed by atoms with van der Waals surface area (Å²) in [5.41, 5.74) is 0.626. The monoisotopic (exact) mass is 410 g/mol. The number of aryl methyl sites for hydroxylation is 1. The molecule has 3 aliphatic rings. The molecular weight excluding hydrogens is 380 g/mol. The van der Waals surface area contributed by atoms with Gasteiger partial charge in [0.1, 0.15) is 11.4 Å². The molecule has 1 amide bonds. The number of carbonyl (C=O) groups excluding carboxylic acids is 1. The molecule has 0 aliphatic carbocycles. The van der Waals surface area contributed by atoms with Gasteiger partial charge in [-0.3, -0.25) is 4.79 Å². The molecule has 0 radical (unpaired) electrons. The summed E-state index contributed by atoms with van der Waals surface area (Å²) < 4.78 is 8.72. The van der Waals surface area contributed by atoms with Crippen molar-refractivity contribution in [3.63, 3.8) is 0 Å². The quantitative estimate of drug-likeness (QED) is 0.772. The molecule has 3 aliphatic heterocycles. The van der Waals surface area contributed by atoms with E-state index in [2.05, 4.69) is 31.3 Å². The Bertz CT molecular complexity index is 881. The predicted molar refractivity (Wildman–Crippen MR) is 112 cm³/mol. The number of amides is 1. The molecule has 8 nitrogen and oxygen atoms in total. The van der Waals surface area contributed by atoms with E-state index in [0.717, 1.165) is 75.6 Å². The van der Waals surface area contributed by atoms with Gasteiger partial charge in [-0.1, -0.05) is 6.92 Å². The molecule has 0 unspecified atom stereocenters. The third-order valence-corrected chi connectivity index (χ3v) is 6.75. The van der Waals surface area contributed by atoms with Crippen LogP contribution in [0.1, 0.15) is 50.4 Å². The van der Waals surface area contributed by atoms with Crippen LogP contribution in [0.15, 0.2) is 24.8 Å². The van der Waals surface area contributed by atoms with Gasteiger partial charge in [0.2, 0.25) is 5.95 Å². The minimum absolute atomic E-state index is 0.134. The Balaban J connectivity index is 1.33. The Hall–Kier alpha value is -2.48. The number of piperidine rings is 2. The summed E-state index contributed by atoms with van der Waals surface area (Å²) in [6, 6.07) is 0. The number of fused-ring (bicyclic) bond motifs is 2. The fourth-order valence-corrected chi connectivity index (χ4v) is 4.95. The van der Waals surface area contributed by atoms with Crippen molar-refractivity contribution in [2.24, 2.45) is 0 Å². The van der Waals surface area contributed by atoms with Crippen molar-refractivity contribution in [2.75, 3.05) is 31.1 Å². The lowest BCUT2D eigenvalue weighted by molar-refractivity contribution is -0.176. The Morgan fingerprint density at radius 2 is 1.83 bits per heavy atom. The van der Waals surface area contributed by atoms with Gasteiger partial charge in [0.25, 0.3) is 5.91 Å². The molecule has 0 saturated carbocycles. The number of aromatic nitrogens is 4. The number of likely N-dealkylation sites (tertiary alicyclic amines) is 1. The Morgan fingerprint density at radius 3 is 2.53 bits per heavy atom. The standard InChI is InChI=1S/C22H30N6O2/c1-2-17-14-24-21(25-15-17)27-11-6-22(7-12-27)20-23-8-13-28(20)16-18(30-22)19(29)26-9-4-3-5-10-26/h8,13-15,18H,2-7,9-12,16H2,1H3/t18-/m0/s1. The molecule has 160 valence electrons. The Labute approximate surface area is 177 Å². The zero-order valence-electron chi connectivity index (χ0n) is 17.7. The summed E-state index contributed by atoms with van der Waals surface area (Å²) in [4.78, 5) is 31.1. The minimum atomic E-state index is -0.516. The fourth-order valence-electron chi connectivity index (χ4n) is 4.95. The highest BCUT2D eigenvalue weighted by atomic mass is 16.5. The van der Waals surface area contributed by atoms with Crippen molar-refractivity contribution in [2.45, 2.75) is 63.7 Å². The summed E-state index contributed by atoms with van der Waals surface area (Å²) in [5.74, 6) is 1.85. The van der Waals surface area contributed by atoms with E-state index in [-0.39, 0.29) is 5.91 Å². The van der Waals surface area contributed by atoms with Gasteiger partial charge in [-0.15, -0.1) is 0 Å². The van der Waals surface area contributed by atoms with Gasteiger partial charge in [0.15, 0.2) is 6.10 Å². The Morgan fingerprint density at radius 1 is 1.10 bits per heavy atom. The second kappa shape index (κ2) is 7.98. The summed E-state index contributed by atoms with van der Waals surface area (Å²) in [7, 11) is 0. The maximum atomic E-state index is 13.2. The normalized spacial score (nSPS) is 23.4. The van der Waals surface area contributed by atoms with Crippen LogP contribution in [0.25, 0.3) is 0 Å². The number of hydrogen-bond acceptors (Lipinski definition) is 6. The first kappa shape index (κ1) is 19.5. The van der Waals surface area contributed by atoms with E-state index in [1.807, 2.05) is 29.7 Å². The molecule has 8 heteroatoms. The fraction of sp³-hybridized carbons (Fsp3) is 0.636. The molecule has 0 bridgehead atoms. The van der Waals surface area contributed by atoms with Crippen LogP contribution in [0, 0.1) is 0 Å². The maximum Gasteiger partial charge on any atom is 0.253 e. The van der Waals surface area contributed by atoms with Gasteiger partial charge in [-0.2, -0.15) is 0 Å². The third-order valence-electron chi connectivity index (χ3n) is 6.75. The summed E-state index contributed by atoms with van der Waals surface area (Å²) in [5, 5.41) is 0. The van der Waals surface area contributed by atoms with Crippen molar-refractivity contribution in [3.05, 3.63) is 36.2 Å². The molecule has 0 aromatic carbocycles. The number of imidazole rings is 1. The van der Waals surface area contributed by atoms with Crippen LogP contribution in [0.5, 0.6) is 0 Å². The summed E-state index contributed by atoms with van der Waals surface area (Å²) in [6.45, 7) is 5.92. The second-order valence-corrected chi connectivity index (χ2v) is 8.62. The topological polar surface area (TPSA) is 76.4 Å². The zero-order valence-corrected chi connectivity index (χ0v) is 17.7. The zero-order chi connectivity index (χ0) is 20.6. The van der Waals surface area contributed by atoms with Crippen LogP contribution >= 0.6 is 0 Å². The van der Waals surface area contributed by atoms with Gasteiger partial charge in [-0.25, -0.2) is 15.0 Å². The van der Waals surface area contributed by atoms with Crippen LogP contribution in [-0.4, -0.2) is 62.6 Å². The molecule has 2 aromatic heterocycles. The van der Waals surface area contributed by atoms with Crippen molar-refractivity contribution in [1.29, 1.82) is 0 Å².